The highest BCUT2D eigenvalue weighted by Crippen LogP contribution is 2.38. The van der Waals surface area contributed by atoms with Gasteiger partial charge in [-0.3, -0.25) is 0 Å². The molecule has 0 aliphatic carbocycles. The number of ether oxygens (including phenoxy) is 2. The summed E-state index contributed by atoms with van der Waals surface area (Å²) in [5, 5.41) is 0. The van der Waals surface area contributed by atoms with Crippen LogP contribution in [0.15, 0.2) is 39.3 Å². The fourth-order valence-corrected chi connectivity index (χ4v) is 3.17. The Bertz CT molecular complexity index is 659. The van der Waals surface area contributed by atoms with Gasteiger partial charge in [-0.05, 0) is 47.9 Å². The van der Waals surface area contributed by atoms with Gasteiger partial charge in [0.25, 0.3) is 0 Å². The SMILES string of the molecule is COc1cc(Br)c(C(N)c2cc(Br)ccc2C)cc1OC. The minimum atomic E-state index is -0.253. The molecule has 0 spiro atoms. The maximum atomic E-state index is 6.45. The molecule has 0 aliphatic rings. The van der Waals surface area contributed by atoms with Gasteiger partial charge in [0.05, 0.1) is 20.3 Å². The van der Waals surface area contributed by atoms with E-state index in [1.54, 1.807) is 14.2 Å². The Balaban J connectivity index is 2.52. The van der Waals surface area contributed by atoms with Crippen molar-refractivity contribution >= 4 is 31.9 Å². The molecular formula is C16H17Br2NO2. The molecule has 0 radical (unpaired) electrons. The van der Waals surface area contributed by atoms with E-state index in [-0.39, 0.29) is 6.04 Å². The first-order valence-electron chi connectivity index (χ1n) is 6.41. The summed E-state index contributed by atoms with van der Waals surface area (Å²) >= 11 is 7.06. The molecule has 0 aromatic heterocycles. The first-order valence-corrected chi connectivity index (χ1v) is 7.99. The molecule has 112 valence electrons. The summed E-state index contributed by atoms with van der Waals surface area (Å²) < 4.78 is 12.6. The molecule has 0 amide bonds. The van der Waals surface area contributed by atoms with Crippen LogP contribution in [0.1, 0.15) is 22.7 Å². The summed E-state index contributed by atoms with van der Waals surface area (Å²) in [6.45, 7) is 2.05. The van der Waals surface area contributed by atoms with Crippen LogP contribution < -0.4 is 15.2 Å². The van der Waals surface area contributed by atoms with Crippen molar-refractivity contribution in [2.45, 2.75) is 13.0 Å². The van der Waals surface area contributed by atoms with Crippen LogP contribution in [0.3, 0.4) is 0 Å². The highest BCUT2D eigenvalue weighted by molar-refractivity contribution is 9.10. The maximum Gasteiger partial charge on any atom is 0.161 e. The van der Waals surface area contributed by atoms with Gasteiger partial charge < -0.3 is 15.2 Å². The molecule has 2 rings (SSSR count). The topological polar surface area (TPSA) is 44.5 Å². The predicted octanol–water partition coefficient (Wildman–Crippen LogP) is 4.59. The Labute approximate surface area is 141 Å². The van der Waals surface area contributed by atoms with Crippen molar-refractivity contribution in [1.82, 2.24) is 0 Å². The first-order chi connectivity index (χ1) is 9.97. The average molecular weight is 415 g/mol. The van der Waals surface area contributed by atoms with Crippen molar-refractivity contribution in [3.8, 4) is 11.5 Å². The zero-order valence-electron chi connectivity index (χ0n) is 12.1. The molecule has 0 saturated carbocycles. The number of nitrogens with two attached hydrogens (primary N) is 1. The largest absolute Gasteiger partial charge is 0.493 e. The number of hydrogen-bond donors (Lipinski definition) is 1. The van der Waals surface area contributed by atoms with Crippen molar-refractivity contribution in [1.29, 1.82) is 0 Å². The number of methoxy groups -OCH3 is 2. The Morgan fingerprint density at radius 1 is 0.952 bits per heavy atom. The molecule has 3 nitrogen and oxygen atoms in total. The highest BCUT2D eigenvalue weighted by Gasteiger charge is 2.18. The van der Waals surface area contributed by atoms with Gasteiger partial charge in [0.1, 0.15) is 0 Å². The van der Waals surface area contributed by atoms with Crippen LogP contribution in [0.2, 0.25) is 0 Å². The lowest BCUT2D eigenvalue weighted by molar-refractivity contribution is 0.354. The normalized spacial score (nSPS) is 12.1. The second-order valence-corrected chi connectivity index (χ2v) is 6.48. The van der Waals surface area contributed by atoms with E-state index in [9.17, 15) is 0 Å². The van der Waals surface area contributed by atoms with Crippen molar-refractivity contribution in [2.75, 3.05) is 14.2 Å². The summed E-state index contributed by atoms with van der Waals surface area (Å²) in [5.74, 6) is 1.34. The quantitative estimate of drug-likeness (QED) is 0.795. The molecule has 1 unspecified atom stereocenters. The van der Waals surface area contributed by atoms with Gasteiger partial charge in [0.2, 0.25) is 0 Å². The van der Waals surface area contributed by atoms with Crippen molar-refractivity contribution in [3.63, 3.8) is 0 Å². The lowest BCUT2D eigenvalue weighted by Gasteiger charge is -2.19. The summed E-state index contributed by atoms with van der Waals surface area (Å²) in [7, 11) is 3.23. The predicted molar refractivity (Wildman–Crippen MR) is 92.2 cm³/mol. The molecule has 5 heteroatoms. The number of rotatable bonds is 4. The van der Waals surface area contributed by atoms with E-state index in [1.165, 1.54) is 0 Å². The fourth-order valence-electron chi connectivity index (χ4n) is 2.22. The van der Waals surface area contributed by atoms with E-state index in [4.69, 9.17) is 15.2 Å². The van der Waals surface area contributed by atoms with Crippen LogP contribution in [-0.2, 0) is 0 Å². The van der Waals surface area contributed by atoms with Crippen molar-refractivity contribution < 1.29 is 9.47 Å². The van der Waals surface area contributed by atoms with Crippen LogP contribution in [0, 0.1) is 6.92 Å². The van der Waals surface area contributed by atoms with Gasteiger partial charge >= 0.3 is 0 Å². The summed E-state index contributed by atoms with van der Waals surface area (Å²) in [4.78, 5) is 0. The average Bonchev–Trinajstić information content (AvgIpc) is 2.48. The number of hydrogen-bond acceptors (Lipinski definition) is 3. The van der Waals surface area contributed by atoms with Gasteiger partial charge in [-0.25, -0.2) is 0 Å². The van der Waals surface area contributed by atoms with E-state index in [2.05, 4.69) is 38.8 Å². The summed E-state index contributed by atoms with van der Waals surface area (Å²) in [5.41, 5.74) is 9.62. The van der Waals surface area contributed by atoms with Crippen LogP contribution in [-0.4, -0.2) is 14.2 Å². The maximum absolute atomic E-state index is 6.45. The molecule has 2 aromatic rings. The van der Waals surface area contributed by atoms with Crippen LogP contribution in [0.4, 0.5) is 0 Å². The minimum Gasteiger partial charge on any atom is -0.493 e. The second kappa shape index (κ2) is 6.81. The molecule has 21 heavy (non-hydrogen) atoms. The Hall–Kier alpha value is -1.04. The lowest BCUT2D eigenvalue weighted by Crippen LogP contribution is -2.14. The first kappa shape index (κ1) is 16.3. The third kappa shape index (κ3) is 3.42. The van der Waals surface area contributed by atoms with E-state index in [0.29, 0.717) is 11.5 Å². The van der Waals surface area contributed by atoms with Gasteiger partial charge in [-0.1, -0.05) is 37.9 Å². The van der Waals surface area contributed by atoms with E-state index < -0.39 is 0 Å². The Kier molecular flexibility index (Phi) is 5.30. The Morgan fingerprint density at radius 3 is 2.19 bits per heavy atom. The smallest absolute Gasteiger partial charge is 0.161 e. The van der Waals surface area contributed by atoms with E-state index in [1.807, 2.05) is 30.3 Å². The molecule has 0 bridgehead atoms. The molecular weight excluding hydrogens is 398 g/mol. The molecule has 0 fully saturated rings. The standard InChI is InChI=1S/C16H17Br2NO2/c1-9-4-5-10(17)6-11(9)16(19)12-7-14(20-2)15(21-3)8-13(12)18/h4-8,16H,19H2,1-3H3. The van der Waals surface area contributed by atoms with Crippen LogP contribution in [0.5, 0.6) is 11.5 Å². The summed E-state index contributed by atoms with van der Waals surface area (Å²) in [6, 6.07) is 9.64. The zero-order chi connectivity index (χ0) is 15.6. The van der Waals surface area contributed by atoms with E-state index >= 15 is 0 Å². The van der Waals surface area contributed by atoms with Crippen molar-refractivity contribution in [2.24, 2.45) is 5.73 Å². The number of aryl methyl sites for hydroxylation is 1. The molecule has 0 heterocycles. The van der Waals surface area contributed by atoms with Crippen molar-refractivity contribution in [3.05, 3.63) is 56.0 Å². The molecule has 0 aliphatic heterocycles. The van der Waals surface area contributed by atoms with Gasteiger partial charge in [-0.15, -0.1) is 0 Å². The summed E-state index contributed by atoms with van der Waals surface area (Å²) in [6.07, 6.45) is 0. The Morgan fingerprint density at radius 2 is 1.57 bits per heavy atom. The number of benzene rings is 2. The minimum absolute atomic E-state index is 0.253. The molecule has 2 N–H and O–H groups in total. The van der Waals surface area contributed by atoms with Gasteiger partial charge in [0, 0.05) is 8.95 Å². The van der Waals surface area contributed by atoms with Crippen LogP contribution in [0.25, 0.3) is 0 Å². The monoisotopic (exact) mass is 413 g/mol. The second-order valence-electron chi connectivity index (χ2n) is 4.71. The third-order valence-corrected chi connectivity index (χ3v) is 4.59. The lowest BCUT2D eigenvalue weighted by atomic mass is 9.95. The fraction of sp³-hybridized carbons (Fsp3) is 0.250. The highest BCUT2D eigenvalue weighted by atomic mass is 79.9. The zero-order valence-corrected chi connectivity index (χ0v) is 15.3. The van der Waals surface area contributed by atoms with E-state index in [0.717, 1.165) is 25.6 Å². The van der Waals surface area contributed by atoms with Gasteiger partial charge in [-0.2, -0.15) is 0 Å². The molecule has 2 aromatic carbocycles. The van der Waals surface area contributed by atoms with Gasteiger partial charge in [0.15, 0.2) is 11.5 Å². The van der Waals surface area contributed by atoms with Crippen LogP contribution >= 0.6 is 31.9 Å². The molecule has 0 saturated heterocycles. The molecule has 1 atom stereocenters. The third-order valence-electron chi connectivity index (χ3n) is 3.41. The number of halogens is 2.